The summed E-state index contributed by atoms with van der Waals surface area (Å²) in [6.07, 6.45) is 2.69. The third-order valence-corrected chi connectivity index (χ3v) is 4.38. The fraction of sp³-hybridized carbons (Fsp3) is 0.733. The summed E-state index contributed by atoms with van der Waals surface area (Å²) >= 11 is 0. The van der Waals surface area contributed by atoms with Gasteiger partial charge in [-0.1, -0.05) is 6.92 Å². The third-order valence-electron chi connectivity index (χ3n) is 4.38. The molecule has 9 nitrogen and oxygen atoms in total. The van der Waals surface area contributed by atoms with E-state index in [1.165, 1.54) is 12.4 Å². The largest absolute Gasteiger partial charge is 0.355 e. The van der Waals surface area contributed by atoms with Crippen molar-refractivity contribution in [3.05, 3.63) is 22.5 Å². The zero-order valence-corrected chi connectivity index (χ0v) is 17.5. The molecule has 2 unspecified atom stereocenters. The van der Waals surface area contributed by atoms with Gasteiger partial charge in [0.2, 0.25) is 0 Å². The first-order valence-electron chi connectivity index (χ1n) is 8.28. The standard InChI is InChI=1S/C15H27N7O2.HI/c1-11(2)20-8-12(3)14(10-20)19-15(16-4)17-5-6-21-9-13(7-18-21)22(23)24;/h7,9,11-12,14H,5-6,8,10H2,1-4H3,(H2,16,17,19);1H. The lowest BCUT2D eigenvalue weighted by Crippen LogP contribution is -2.47. The number of aliphatic imine (C=N–C) groups is 1. The van der Waals surface area contributed by atoms with Crippen LogP contribution in [0.15, 0.2) is 17.4 Å². The van der Waals surface area contributed by atoms with Crippen LogP contribution < -0.4 is 10.6 Å². The Morgan fingerprint density at radius 3 is 2.76 bits per heavy atom. The van der Waals surface area contributed by atoms with Crippen molar-refractivity contribution in [1.82, 2.24) is 25.3 Å². The number of guanidine groups is 1. The third kappa shape index (κ3) is 6.10. The number of hydrogen-bond acceptors (Lipinski definition) is 5. The lowest BCUT2D eigenvalue weighted by molar-refractivity contribution is -0.385. The Bertz CT molecular complexity index is 590. The molecular weight excluding hydrogens is 437 g/mol. The first-order valence-corrected chi connectivity index (χ1v) is 8.28. The van der Waals surface area contributed by atoms with Gasteiger partial charge in [0.05, 0.1) is 11.5 Å². The molecule has 1 aromatic heterocycles. The number of likely N-dealkylation sites (tertiary alicyclic amines) is 1. The van der Waals surface area contributed by atoms with Gasteiger partial charge in [0, 0.05) is 38.8 Å². The molecule has 0 spiro atoms. The summed E-state index contributed by atoms with van der Waals surface area (Å²) in [5.41, 5.74) is 0.00562. The minimum atomic E-state index is -0.445. The molecule has 1 fully saturated rings. The number of rotatable bonds is 6. The molecule has 1 aromatic rings. The highest BCUT2D eigenvalue weighted by molar-refractivity contribution is 14.0. The maximum absolute atomic E-state index is 10.6. The second kappa shape index (κ2) is 9.90. The zero-order valence-electron chi connectivity index (χ0n) is 15.2. The van der Waals surface area contributed by atoms with E-state index in [4.69, 9.17) is 0 Å². The topological polar surface area (TPSA) is 101 Å². The highest BCUT2D eigenvalue weighted by Crippen LogP contribution is 2.18. The molecule has 0 saturated carbocycles. The zero-order chi connectivity index (χ0) is 17.7. The van der Waals surface area contributed by atoms with E-state index in [2.05, 4.69) is 46.4 Å². The minimum Gasteiger partial charge on any atom is -0.355 e. The van der Waals surface area contributed by atoms with Gasteiger partial charge >= 0.3 is 5.69 Å². The normalized spacial score (nSPS) is 21.2. The quantitative estimate of drug-likeness (QED) is 0.216. The summed E-state index contributed by atoms with van der Waals surface area (Å²) < 4.78 is 1.55. The first kappa shape index (κ1) is 21.6. The average molecular weight is 465 g/mol. The van der Waals surface area contributed by atoms with Crippen LogP contribution in [0.5, 0.6) is 0 Å². The van der Waals surface area contributed by atoms with Crippen LogP contribution in [0.4, 0.5) is 5.69 Å². The van der Waals surface area contributed by atoms with E-state index < -0.39 is 4.92 Å². The van der Waals surface area contributed by atoms with Crippen molar-refractivity contribution in [2.45, 2.75) is 39.4 Å². The Morgan fingerprint density at radius 1 is 1.52 bits per heavy atom. The fourth-order valence-electron chi connectivity index (χ4n) is 2.84. The molecule has 0 bridgehead atoms. The lowest BCUT2D eigenvalue weighted by atomic mass is 10.1. The highest BCUT2D eigenvalue weighted by atomic mass is 127. The molecule has 2 heterocycles. The fourth-order valence-corrected chi connectivity index (χ4v) is 2.84. The molecule has 1 aliphatic heterocycles. The molecule has 1 saturated heterocycles. The molecule has 2 atom stereocenters. The molecule has 142 valence electrons. The van der Waals surface area contributed by atoms with E-state index in [-0.39, 0.29) is 29.7 Å². The Morgan fingerprint density at radius 2 is 2.24 bits per heavy atom. The van der Waals surface area contributed by atoms with Crippen molar-refractivity contribution in [1.29, 1.82) is 0 Å². The summed E-state index contributed by atoms with van der Waals surface area (Å²) in [4.78, 5) is 16.9. The Labute approximate surface area is 165 Å². The SMILES string of the molecule is CN=C(NCCn1cc([N+](=O)[O-])cn1)NC1CN(C(C)C)CC1C.I. The van der Waals surface area contributed by atoms with Gasteiger partial charge < -0.3 is 10.6 Å². The molecule has 0 aliphatic carbocycles. The van der Waals surface area contributed by atoms with Crippen molar-refractivity contribution in [2.24, 2.45) is 10.9 Å². The van der Waals surface area contributed by atoms with Crippen molar-refractivity contribution < 1.29 is 4.92 Å². The summed E-state index contributed by atoms with van der Waals surface area (Å²) in [6.45, 7) is 9.89. The monoisotopic (exact) mass is 465 g/mol. The molecule has 2 rings (SSSR count). The van der Waals surface area contributed by atoms with Crippen LogP contribution in [-0.4, -0.2) is 64.3 Å². The molecule has 0 radical (unpaired) electrons. The molecule has 10 heteroatoms. The predicted octanol–water partition coefficient (Wildman–Crippen LogP) is 1.30. The smallest absolute Gasteiger partial charge is 0.306 e. The van der Waals surface area contributed by atoms with E-state index in [9.17, 15) is 10.1 Å². The van der Waals surface area contributed by atoms with Gasteiger partial charge in [-0.25, -0.2) is 0 Å². The van der Waals surface area contributed by atoms with Gasteiger partial charge in [-0.3, -0.25) is 24.7 Å². The lowest BCUT2D eigenvalue weighted by Gasteiger charge is -2.21. The van der Waals surface area contributed by atoms with Crippen LogP contribution in [-0.2, 0) is 6.54 Å². The number of nitrogens with one attached hydrogen (secondary N) is 2. The number of hydrogen-bond donors (Lipinski definition) is 2. The Balaban J connectivity index is 0.00000312. The average Bonchev–Trinajstić information content (AvgIpc) is 3.14. The molecular formula is C15H28IN7O2. The van der Waals surface area contributed by atoms with Crippen LogP contribution >= 0.6 is 24.0 Å². The second-order valence-electron chi connectivity index (χ2n) is 6.49. The summed E-state index contributed by atoms with van der Waals surface area (Å²) in [7, 11) is 1.74. The van der Waals surface area contributed by atoms with E-state index in [1.54, 1.807) is 11.7 Å². The Kier molecular flexibility index (Phi) is 8.56. The van der Waals surface area contributed by atoms with Gasteiger partial charge in [0.15, 0.2) is 5.96 Å². The van der Waals surface area contributed by atoms with Crippen molar-refractivity contribution >= 4 is 35.6 Å². The van der Waals surface area contributed by atoms with Crippen LogP contribution in [0.2, 0.25) is 0 Å². The van der Waals surface area contributed by atoms with Gasteiger partial charge in [-0.15, -0.1) is 24.0 Å². The van der Waals surface area contributed by atoms with Crippen molar-refractivity contribution in [3.63, 3.8) is 0 Å². The molecule has 2 N–H and O–H groups in total. The van der Waals surface area contributed by atoms with Crippen LogP contribution in [0.3, 0.4) is 0 Å². The van der Waals surface area contributed by atoms with Crippen LogP contribution in [0, 0.1) is 16.0 Å². The number of halogens is 1. The summed E-state index contributed by atoms with van der Waals surface area (Å²) in [5.74, 6) is 1.30. The van der Waals surface area contributed by atoms with Crippen LogP contribution in [0.1, 0.15) is 20.8 Å². The minimum absolute atomic E-state index is 0. The summed E-state index contributed by atoms with van der Waals surface area (Å²) in [5, 5.41) is 21.3. The van der Waals surface area contributed by atoms with Crippen molar-refractivity contribution in [2.75, 3.05) is 26.7 Å². The van der Waals surface area contributed by atoms with E-state index in [0.29, 0.717) is 31.1 Å². The highest BCUT2D eigenvalue weighted by Gasteiger charge is 2.31. The van der Waals surface area contributed by atoms with Gasteiger partial charge in [-0.2, -0.15) is 5.10 Å². The van der Waals surface area contributed by atoms with Gasteiger partial charge in [-0.05, 0) is 19.8 Å². The number of aromatic nitrogens is 2. The van der Waals surface area contributed by atoms with E-state index in [1.807, 2.05) is 0 Å². The maximum atomic E-state index is 10.6. The predicted molar refractivity (Wildman–Crippen MR) is 108 cm³/mol. The summed E-state index contributed by atoms with van der Waals surface area (Å²) in [6, 6.07) is 0.911. The second-order valence-corrected chi connectivity index (χ2v) is 6.49. The van der Waals surface area contributed by atoms with Crippen molar-refractivity contribution in [3.8, 4) is 0 Å². The number of nitrogens with zero attached hydrogens (tertiary/aromatic N) is 5. The van der Waals surface area contributed by atoms with Crippen LogP contribution in [0.25, 0.3) is 0 Å². The molecule has 0 amide bonds. The first-order chi connectivity index (χ1) is 11.4. The van der Waals surface area contributed by atoms with Gasteiger partial charge in [0.25, 0.3) is 0 Å². The maximum Gasteiger partial charge on any atom is 0.306 e. The number of nitro groups is 1. The Hall–Kier alpha value is -1.43. The van der Waals surface area contributed by atoms with E-state index >= 15 is 0 Å². The van der Waals surface area contributed by atoms with Gasteiger partial charge in [0.1, 0.15) is 12.4 Å². The molecule has 1 aliphatic rings. The molecule has 25 heavy (non-hydrogen) atoms. The molecule has 0 aromatic carbocycles. The van der Waals surface area contributed by atoms with E-state index in [0.717, 1.165) is 19.0 Å².